The van der Waals surface area contributed by atoms with Crippen LogP contribution in [-0.2, 0) is 36.6 Å². The molecular weight excluding hydrogens is 760 g/mol. The molecule has 0 saturated carbocycles. The monoisotopic (exact) mass is 814 g/mol. The van der Waals surface area contributed by atoms with E-state index in [1.165, 1.54) is 55.8 Å². The zero-order chi connectivity index (χ0) is 40.4. The van der Waals surface area contributed by atoms with E-state index in [-0.39, 0.29) is 30.4 Å². The Labute approximate surface area is 329 Å². The van der Waals surface area contributed by atoms with Crippen LogP contribution in [0.15, 0.2) is 94.8 Å². The Morgan fingerprint density at radius 1 is 1.04 bits per heavy atom. The van der Waals surface area contributed by atoms with E-state index in [4.69, 9.17) is 34.8 Å². The first-order valence-electron chi connectivity index (χ1n) is 18.5. The molecule has 0 radical (unpaired) electrons. The minimum absolute atomic E-state index is 0.0251. The lowest BCUT2D eigenvalue weighted by Crippen LogP contribution is -2.67. The Balaban J connectivity index is 0.000000876. The number of hydrogen-bond acceptors (Lipinski definition) is 10. The molecule has 2 N–H and O–H groups in total. The second kappa shape index (κ2) is 19.6. The molecule has 1 unspecified atom stereocenters. The van der Waals surface area contributed by atoms with Gasteiger partial charge in [0.2, 0.25) is 5.69 Å². The summed E-state index contributed by atoms with van der Waals surface area (Å²) in [6.45, 7) is 13.9. The van der Waals surface area contributed by atoms with Crippen molar-refractivity contribution in [2.45, 2.75) is 85.0 Å². The summed E-state index contributed by atoms with van der Waals surface area (Å²) in [7, 11) is -1.55. The number of pyridine rings is 1. The van der Waals surface area contributed by atoms with Gasteiger partial charge in [-0.1, -0.05) is 102 Å². The number of aromatic amines is 1. The molecule has 0 amide bonds. The fourth-order valence-corrected chi connectivity index (χ4v) is 12.6. The first-order chi connectivity index (χ1) is 26.1. The summed E-state index contributed by atoms with van der Waals surface area (Å²) in [5, 5.41) is 14.1. The third kappa shape index (κ3) is 11.1. The lowest BCUT2D eigenvalue weighted by atomic mass is 10.2. The van der Waals surface area contributed by atoms with Gasteiger partial charge in [0.1, 0.15) is 24.7 Å². The van der Waals surface area contributed by atoms with E-state index in [1.807, 2.05) is 36.4 Å². The van der Waals surface area contributed by atoms with Gasteiger partial charge in [-0.25, -0.2) is 4.79 Å². The van der Waals surface area contributed by atoms with E-state index in [2.05, 4.69) is 75.7 Å². The van der Waals surface area contributed by atoms with Crippen LogP contribution in [0, 0.1) is 12.1 Å². The van der Waals surface area contributed by atoms with Gasteiger partial charge in [0.15, 0.2) is 6.20 Å². The molecule has 1 fully saturated rings. The fraction of sp³-hybridized carbons (Fsp3) is 0.462. The van der Waals surface area contributed by atoms with Crippen molar-refractivity contribution in [1.82, 2.24) is 14.5 Å². The van der Waals surface area contributed by atoms with Crippen molar-refractivity contribution < 1.29 is 32.6 Å². The predicted molar refractivity (Wildman–Crippen MR) is 220 cm³/mol. The van der Waals surface area contributed by atoms with Crippen molar-refractivity contribution in [3.8, 4) is 5.75 Å². The highest BCUT2D eigenvalue weighted by Gasteiger charge is 2.52. The van der Waals surface area contributed by atoms with Crippen molar-refractivity contribution in [1.29, 1.82) is 0 Å². The van der Waals surface area contributed by atoms with Crippen LogP contribution in [0.1, 0.15) is 65.4 Å². The minimum atomic E-state index is -3.98. The van der Waals surface area contributed by atoms with Crippen LogP contribution in [0.25, 0.3) is 0 Å². The minimum Gasteiger partial charge on any atom is -0.618 e. The van der Waals surface area contributed by atoms with E-state index in [9.17, 15) is 19.7 Å². The van der Waals surface area contributed by atoms with Gasteiger partial charge in [0.05, 0.1) is 25.9 Å². The molecule has 2 aromatic heterocycles. The highest BCUT2D eigenvalue weighted by molar-refractivity contribution is 8.07. The number of H-pyrrole nitrogens is 1. The summed E-state index contributed by atoms with van der Waals surface area (Å²) in [6.07, 6.45) is 0.209. The molecule has 5 rings (SSSR count). The van der Waals surface area contributed by atoms with Crippen LogP contribution in [0.2, 0.25) is 5.04 Å². The smallest absolute Gasteiger partial charge is 0.330 e. The summed E-state index contributed by atoms with van der Waals surface area (Å²) in [5.74, 6) is 0.432. The van der Waals surface area contributed by atoms with Crippen LogP contribution >= 0.6 is 6.72 Å². The van der Waals surface area contributed by atoms with Gasteiger partial charge in [-0.15, -0.1) is 0 Å². The number of nitrogens with one attached hydrogen (secondary N) is 1. The number of benzene rings is 2. The molecule has 2 aromatic carbocycles. The van der Waals surface area contributed by atoms with Gasteiger partial charge in [-0.3, -0.25) is 18.9 Å². The lowest BCUT2D eigenvalue weighted by Gasteiger charge is -2.43. The average Bonchev–Trinajstić information content (AvgIpc) is 3.55. The molecule has 0 bridgehead atoms. The highest BCUT2D eigenvalue weighted by atomic mass is 32.5. The molecule has 1 aliphatic heterocycles. The number of rotatable bonds is 15. The molecule has 1 saturated heterocycles. The maximum atomic E-state index is 12.9. The van der Waals surface area contributed by atoms with Gasteiger partial charge < -0.3 is 33.4 Å². The summed E-state index contributed by atoms with van der Waals surface area (Å²) < 4.78 is 32.3. The molecule has 3 heterocycles. The Bertz CT molecular complexity index is 1950. The molecule has 55 heavy (non-hydrogen) atoms. The van der Waals surface area contributed by atoms with Gasteiger partial charge in [-0.2, -0.15) is 4.73 Å². The van der Waals surface area contributed by atoms with E-state index < -0.39 is 44.7 Å². The lowest BCUT2D eigenvalue weighted by molar-refractivity contribution is -0.616. The van der Waals surface area contributed by atoms with E-state index in [0.717, 1.165) is 10.4 Å². The number of ether oxygens (including phenoxy) is 2. The summed E-state index contributed by atoms with van der Waals surface area (Å²) in [6, 6.07) is 23.1. The summed E-state index contributed by atoms with van der Waals surface area (Å²) >= 11 is 5.40. The van der Waals surface area contributed by atoms with Crippen molar-refractivity contribution in [2.75, 3.05) is 33.4 Å². The third-order valence-corrected chi connectivity index (χ3v) is 16.3. The number of aryl methyl sites for hydroxylation is 1. The van der Waals surface area contributed by atoms with Crippen molar-refractivity contribution in [3.05, 3.63) is 122 Å². The number of methoxy groups -OCH3 is 1. The molecule has 4 aromatic rings. The SMILES string of the molecule is CCN(CC)CC.COc1cc[n+]([O-])c(COP(O)(=S)O[C@H]2C[C@H](n3cc(C)c(=O)[nH]c3=O)O[C@@H]2CO[Si](c2ccccc2)(c2ccccc2)C(C)(C)C)c1. The summed E-state index contributed by atoms with van der Waals surface area (Å²) in [4.78, 5) is 40.9. The average molecular weight is 815 g/mol. The first kappa shape index (κ1) is 44.2. The van der Waals surface area contributed by atoms with Crippen LogP contribution in [-0.4, -0.2) is 73.2 Å². The fourth-order valence-electron chi connectivity index (χ4n) is 6.67. The zero-order valence-electron chi connectivity index (χ0n) is 33.0. The van der Waals surface area contributed by atoms with Crippen molar-refractivity contribution in [2.24, 2.45) is 0 Å². The zero-order valence-corrected chi connectivity index (χ0v) is 35.7. The second-order valence-corrected chi connectivity index (χ2v) is 21.3. The number of aromatic nitrogens is 3. The standard InChI is InChI=1S/C33H40N3O9PSSi.C6H15N/c1-23-20-35(32(38)34-31(23)37)30-19-28(45-46(40,47)42-21-24-18-25(41-5)16-17-36(24)39)29(44-30)22-43-48(33(2,3)4,26-12-8-6-9-13-26)27-14-10-7-11-15-27;1-4-7(5-2)6-3/h6-18,20,28-30H,19,21-22H2,1-5H3,(H,40,47)(H,34,37,38);4-6H2,1-3H3/t28-,29+,30+,46?;/m0./s1. The molecule has 16 heteroatoms. The Hall–Kier alpha value is -3.50. The van der Waals surface area contributed by atoms with Gasteiger partial charge in [-0.05, 0) is 53.8 Å². The molecule has 1 aliphatic rings. The molecule has 4 atom stereocenters. The van der Waals surface area contributed by atoms with Gasteiger partial charge in [0, 0.05) is 24.2 Å². The first-order valence-corrected chi connectivity index (χ1v) is 23.0. The van der Waals surface area contributed by atoms with Crippen LogP contribution in [0.4, 0.5) is 0 Å². The van der Waals surface area contributed by atoms with Crippen molar-refractivity contribution >= 4 is 37.2 Å². The Kier molecular flexibility index (Phi) is 15.7. The molecule has 0 aliphatic carbocycles. The molecule has 13 nitrogen and oxygen atoms in total. The Morgan fingerprint density at radius 3 is 2.13 bits per heavy atom. The van der Waals surface area contributed by atoms with Crippen LogP contribution in [0.3, 0.4) is 0 Å². The second-order valence-electron chi connectivity index (χ2n) is 14.2. The third-order valence-electron chi connectivity index (χ3n) is 9.71. The largest absolute Gasteiger partial charge is 0.618 e. The highest BCUT2D eigenvalue weighted by Crippen LogP contribution is 2.49. The number of hydrogen-bond donors (Lipinski definition) is 2. The maximum Gasteiger partial charge on any atom is 0.330 e. The topological polar surface area (TPSA) is 151 Å². The van der Waals surface area contributed by atoms with E-state index in [0.29, 0.717) is 16.0 Å². The van der Waals surface area contributed by atoms with Crippen LogP contribution in [0.5, 0.6) is 5.75 Å². The Morgan fingerprint density at radius 2 is 1.62 bits per heavy atom. The maximum absolute atomic E-state index is 12.9. The quantitative estimate of drug-likeness (QED) is 0.0755. The van der Waals surface area contributed by atoms with Crippen LogP contribution < -0.4 is 31.1 Å². The van der Waals surface area contributed by atoms with E-state index >= 15 is 0 Å². The number of nitrogens with zero attached hydrogens (tertiary/aromatic N) is 3. The normalized spacial score (nSPS) is 18.4. The molecule has 300 valence electrons. The van der Waals surface area contributed by atoms with Crippen molar-refractivity contribution in [3.63, 3.8) is 0 Å². The molecular formula is C39H55N4O9PSSi. The van der Waals surface area contributed by atoms with Gasteiger partial charge >= 0.3 is 12.4 Å². The summed E-state index contributed by atoms with van der Waals surface area (Å²) in [5.41, 5.74) is -0.673. The van der Waals surface area contributed by atoms with Gasteiger partial charge in [0.25, 0.3) is 13.9 Å². The predicted octanol–water partition coefficient (Wildman–Crippen LogP) is 4.52. The molecule has 0 spiro atoms. The van der Waals surface area contributed by atoms with E-state index in [1.54, 1.807) is 6.92 Å².